The molecule has 1 atom stereocenters. The summed E-state index contributed by atoms with van der Waals surface area (Å²) >= 11 is 0. The SMILES string of the molecule is Cc1ccccc1-c1ncc(CN2CCC[C@@](CO)(Cc3ccc(F)cc3)C2)cn1. The molecule has 0 aliphatic carbocycles. The van der Waals surface area contributed by atoms with Gasteiger partial charge in [-0.25, -0.2) is 14.4 Å². The van der Waals surface area contributed by atoms with Crippen LogP contribution >= 0.6 is 0 Å². The van der Waals surface area contributed by atoms with Gasteiger partial charge in [-0.15, -0.1) is 0 Å². The molecule has 0 spiro atoms. The summed E-state index contributed by atoms with van der Waals surface area (Å²) in [4.78, 5) is 11.5. The third kappa shape index (κ3) is 4.74. The van der Waals surface area contributed by atoms with E-state index >= 15 is 0 Å². The van der Waals surface area contributed by atoms with Crippen molar-refractivity contribution in [2.24, 2.45) is 5.41 Å². The molecule has 0 saturated carbocycles. The van der Waals surface area contributed by atoms with Gasteiger partial charge in [0, 0.05) is 42.0 Å². The second kappa shape index (κ2) is 9.02. The predicted molar refractivity (Wildman–Crippen MR) is 116 cm³/mol. The van der Waals surface area contributed by atoms with E-state index in [1.54, 1.807) is 0 Å². The number of aromatic nitrogens is 2. The number of likely N-dealkylation sites (tertiary alicyclic amines) is 1. The molecule has 4 nitrogen and oxygen atoms in total. The Bertz CT molecular complexity index is 974. The van der Waals surface area contributed by atoms with Crippen LogP contribution in [0.25, 0.3) is 11.4 Å². The van der Waals surface area contributed by atoms with Crippen molar-refractivity contribution in [3.05, 3.63) is 83.4 Å². The minimum Gasteiger partial charge on any atom is -0.396 e. The molecule has 156 valence electrons. The number of hydrogen-bond donors (Lipinski definition) is 1. The molecule has 1 aliphatic heterocycles. The standard InChI is InChI=1S/C25H28FN3O/c1-19-5-2-3-6-23(19)24-27-14-21(15-28-24)16-29-12-4-11-25(17-29,18-30)13-20-7-9-22(26)10-8-20/h2-3,5-10,14-15,30H,4,11-13,16-18H2,1H3/t25-/m1/s1. The van der Waals surface area contributed by atoms with Crippen molar-refractivity contribution >= 4 is 0 Å². The zero-order valence-electron chi connectivity index (χ0n) is 17.4. The van der Waals surface area contributed by atoms with Crippen LogP contribution in [0.3, 0.4) is 0 Å². The van der Waals surface area contributed by atoms with Crippen molar-refractivity contribution in [1.82, 2.24) is 14.9 Å². The summed E-state index contributed by atoms with van der Waals surface area (Å²) in [6.45, 7) is 4.75. The summed E-state index contributed by atoms with van der Waals surface area (Å²) in [5.41, 5.74) is 4.16. The summed E-state index contributed by atoms with van der Waals surface area (Å²) in [5, 5.41) is 10.2. The molecule has 2 aromatic carbocycles. The van der Waals surface area contributed by atoms with Crippen molar-refractivity contribution in [2.75, 3.05) is 19.7 Å². The Labute approximate surface area is 177 Å². The van der Waals surface area contributed by atoms with Gasteiger partial charge < -0.3 is 5.11 Å². The van der Waals surface area contributed by atoms with E-state index in [4.69, 9.17) is 0 Å². The molecule has 0 amide bonds. The maximum atomic E-state index is 13.2. The number of aliphatic hydroxyl groups excluding tert-OH is 1. The number of piperidine rings is 1. The highest BCUT2D eigenvalue weighted by Crippen LogP contribution is 2.34. The monoisotopic (exact) mass is 405 g/mol. The predicted octanol–water partition coefficient (Wildman–Crippen LogP) is 4.41. The Kier molecular flexibility index (Phi) is 6.21. The molecule has 1 N–H and O–H groups in total. The van der Waals surface area contributed by atoms with E-state index in [0.717, 1.165) is 67.0 Å². The maximum absolute atomic E-state index is 13.2. The summed E-state index contributed by atoms with van der Waals surface area (Å²) in [7, 11) is 0. The lowest BCUT2D eigenvalue weighted by Gasteiger charge is -2.42. The van der Waals surface area contributed by atoms with Crippen LogP contribution in [0.5, 0.6) is 0 Å². The van der Waals surface area contributed by atoms with E-state index in [1.165, 1.54) is 12.1 Å². The van der Waals surface area contributed by atoms with E-state index in [1.807, 2.05) is 42.7 Å². The second-order valence-corrected chi connectivity index (χ2v) is 8.51. The number of hydrogen-bond acceptors (Lipinski definition) is 4. The third-order valence-electron chi connectivity index (χ3n) is 6.07. The fourth-order valence-electron chi connectivity index (χ4n) is 4.47. The lowest BCUT2D eigenvalue weighted by atomic mass is 9.75. The summed E-state index contributed by atoms with van der Waals surface area (Å²) < 4.78 is 13.2. The van der Waals surface area contributed by atoms with E-state index in [0.29, 0.717) is 0 Å². The molecule has 1 aromatic heterocycles. The van der Waals surface area contributed by atoms with Gasteiger partial charge in [-0.1, -0.05) is 36.4 Å². The van der Waals surface area contributed by atoms with E-state index in [9.17, 15) is 9.50 Å². The molecule has 1 aliphatic rings. The van der Waals surface area contributed by atoms with Gasteiger partial charge in [0.2, 0.25) is 0 Å². The van der Waals surface area contributed by atoms with Crippen molar-refractivity contribution < 1.29 is 9.50 Å². The third-order valence-corrected chi connectivity index (χ3v) is 6.07. The van der Waals surface area contributed by atoms with Gasteiger partial charge in [-0.05, 0) is 56.0 Å². The highest BCUT2D eigenvalue weighted by molar-refractivity contribution is 5.59. The first-order valence-corrected chi connectivity index (χ1v) is 10.5. The van der Waals surface area contributed by atoms with Gasteiger partial charge in [0.05, 0.1) is 6.61 Å². The molecular formula is C25H28FN3O. The summed E-state index contributed by atoms with van der Waals surface area (Å²) in [6.07, 6.45) is 6.57. The smallest absolute Gasteiger partial charge is 0.159 e. The first-order chi connectivity index (χ1) is 14.6. The van der Waals surface area contributed by atoms with Crippen LogP contribution in [0, 0.1) is 18.2 Å². The number of nitrogens with zero attached hydrogens (tertiary/aromatic N) is 3. The van der Waals surface area contributed by atoms with Crippen LogP contribution < -0.4 is 0 Å². The Balaban J connectivity index is 1.44. The van der Waals surface area contributed by atoms with Gasteiger partial charge in [0.15, 0.2) is 5.82 Å². The first-order valence-electron chi connectivity index (χ1n) is 10.5. The highest BCUT2D eigenvalue weighted by atomic mass is 19.1. The van der Waals surface area contributed by atoms with Crippen molar-refractivity contribution in [2.45, 2.75) is 32.7 Å². The van der Waals surface area contributed by atoms with Gasteiger partial charge in [0.25, 0.3) is 0 Å². The van der Waals surface area contributed by atoms with Crippen LogP contribution in [0.4, 0.5) is 4.39 Å². The van der Waals surface area contributed by atoms with E-state index in [2.05, 4.69) is 27.9 Å². The fraction of sp³-hybridized carbons (Fsp3) is 0.360. The topological polar surface area (TPSA) is 49.2 Å². The van der Waals surface area contributed by atoms with Crippen LogP contribution in [0.15, 0.2) is 60.9 Å². The van der Waals surface area contributed by atoms with Gasteiger partial charge in [-0.3, -0.25) is 4.90 Å². The quantitative estimate of drug-likeness (QED) is 0.660. The molecule has 0 radical (unpaired) electrons. The van der Waals surface area contributed by atoms with Crippen LogP contribution in [0.2, 0.25) is 0 Å². The molecule has 4 rings (SSSR count). The number of halogens is 1. The summed E-state index contributed by atoms with van der Waals surface area (Å²) in [5.74, 6) is 0.521. The molecule has 0 unspecified atom stereocenters. The zero-order chi connectivity index (χ0) is 21.0. The minimum absolute atomic E-state index is 0.129. The fourth-order valence-corrected chi connectivity index (χ4v) is 4.47. The zero-order valence-corrected chi connectivity index (χ0v) is 17.4. The molecule has 1 fully saturated rings. The Morgan fingerprint density at radius 1 is 1.03 bits per heavy atom. The number of aliphatic hydroxyl groups is 1. The van der Waals surface area contributed by atoms with E-state index < -0.39 is 0 Å². The van der Waals surface area contributed by atoms with Crippen LogP contribution in [-0.2, 0) is 13.0 Å². The second-order valence-electron chi connectivity index (χ2n) is 8.51. The van der Waals surface area contributed by atoms with Crippen molar-refractivity contribution in [3.8, 4) is 11.4 Å². The van der Waals surface area contributed by atoms with Crippen LogP contribution in [-0.4, -0.2) is 39.7 Å². The molecule has 0 bridgehead atoms. The van der Waals surface area contributed by atoms with Crippen molar-refractivity contribution in [3.63, 3.8) is 0 Å². The minimum atomic E-state index is -0.226. The number of rotatable bonds is 6. The molecule has 3 aromatic rings. The average molecular weight is 406 g/mol. The van der Waals surface area contributed by atoms with Gasteiger partial charge in [0.1, 0.15) is 5.82 Å². The van der Waals surface area contributed by atoms with Crippen molar-refractivity contribution in [1.29, 1.82) is 0 Å². The molecular weight excluding hydrogens is 377 g/mol. The van der Waals surface area contributed by atoms with Crippen LogP contribution in [0.1, 0.15) is 29.5 Å². The van der Waals surface area contributed by atoms with Gasteiger partial charge in [-0.2, -0.15) is 0 Å². The lowest BCUT2D eigenvalue weighted by molar-refractivity contribution is 0.0287. The molecule has 1 saturated heterocycles. The lowest BCUT2D eigenvalue weighted by Crippen LogP contribution is -2.46. The van der Waals surface area contributed by atoms with E-state index in [-0.39, 0.29) is 17.8 Å². The molecule has 2 heterocycles. The Morgan fingerprint density at radius 3 is 2.47 bits per heavy atom. The normalized spacial score (nSPS) is 19.7. The Morgan fingerprint density at radius 2 is 1.77 bits per heavy atom. The molecule has 5 heteroatoms. The van der Waals surface area contributed by atoms with Gasteiger partial charge >= 0.3 is 0 Å². The average Bonchev–Trinajstić information content (AvgIpc) is 2.77. The Hall–Kier alpha value is -2.63. The number of aryl methyl sites for hydroxylation is 1. The first kappa shape index (κ1) is 20.6. The maximum Gasteiger partial charge on any atom is 0.159 e. The summed E-state index contributed by atoms with van der Waals surface area (Å²) in [6, 6.07) is 14.8. The molecule has 30 heavy (non-hydrogen) atoms. The largest absolute Gasteiger partial charge is 0.396 e. The number of benzene rings is 2. The highest BCUT2D eigenvalue weighted by Gasteiger charge is 2.35.